The van der Waals surface area contributed by atoms with Gasteiger partial charge in [0.1, 0.15) is 17.8 Å². The van der Waals surface area contributed by atoms with Gasteiger partial charge in [0.2, 0.25) is 0 Å². The number of hydrogen-bond acceptors (Lipinski definition) is 4. The molecular weight excluding hydrogens is 329 g/mol. The van der Waals surface area contributed by atoms with Gasteiger partial charge in [0.05, 0.1) is 0 Å². The standard InChI is InChI=1S/C18H21F3N4/c1-13-4-2-3-5-14(13)11-25-8-6-15(7-9-25)24-17-10-16(18(19,20)21)22-12-23-17/h2-5,10,12,15H,6-9,11H2,1H3,(H,22,23,24). The highest BCUT2D eigenvalue weighted by molar-refractivity contribution is 5.37. The number of aromatic nitrogens is 2. The Balaban J connectivity index is 1.54. The molecule has 4 nitrogen and oxygen atoms in total. The van der Waals surface area contributed by atoms with Crippen LogP contribution < -0.4 is 5.32 Å². The molecule has 25 heavy (non-hydrogen) atoms. The van der Waals surface area contributed by atoms with Crippen LogP contribution in [0.1, 0.15) is 29.7 Å². The molecule has 2 aromatic rings. The first kappa shape index (κ1) is 17.7. The van der Waals surface area contributed by atoms with Crippen molar-refractivity contribution in [1.29, 1.82) is 0 Å². The Morgan fingerprint density at radius 3 is 2.56 bits per heavy atom. The molecule has 0 atom stereocenters. The van der Waals surface area contributed by atoms with Crippen molar-refractivity contribution >= 4 is 5.82 Å². The summed E-state index contributed by atoms with van der Waals surface area (Å²) in [5.41, 5.74) is 1.69. The van der Waals surface area contributed by atoms with Crippen molar-refractivity contribution in [2.75, 3.05) is 18.4 Å². The summed E-state index contributed by atoms with van der Waals surface area (Å²) >= 11 is 0. The van der Waals surface area contributed by atoms with Crippen LogP contribution in [0.25, 0.3) is 0 Å². The van der Waals surface area contributed by atoms with Crippen LogP contribution >= 0.6 is 0 Å². The van der Waals surface area contributed by atoms with Crippen LogP contribution in [-0.4, -0.2) is 34.0 Å². The van der Waals surface area contributed by atoms with Gasteiger partial charge >= 0.3 is 6.18 Å². The Hall–Kier alpha value is -2.15. The predicted octanol–water partition coefficient (Wildman–Crippen LogP) is 3.88. The first-order chi connectivity index (χ1) is 11.9. The lowest BCUT2D eigenvalue weighted by atomic mass is 10.0. The number of halogens is 3. The molecular formula is C18H21F3N4. The maximum atomic E-state index is 12.7. The zero-order valence-corrected chi connectivity index (χ0v) is 14.1. The van der Waals surface area contributed by atoms with E-state index >= 15 is 0 Å². The molecule has 0 aliphatic carbocycles. The summed E-state index contributed by atoms with van der Waals surface area (Å²) in [4.78, 5) is 9.57. The van der Waals surface area contributed by atoms with E-state index in [0.29, 0.717) is 0 Å². The third kappa shape index (κ3) is 4.69. The summed E-state index contributed by atoms with van der Waals surface area (Å²) in [6, 6.07) is 9.43. The summed E-state index contributed by atoms with van der Waals surface area (Å²) in [6.07, 6.45) is -1.75. The number of rotatable bonds is 4. The minimum atomic E-state index is -4.45. The average molecular weight is 350 g/mol. The fourth-order valence-electron chi connectivity index (χ4n) is 3.06. The lowest BCUT2D eigenvalue weighted by Gasteiger charge is -2.33. The highest BCUT2D eigenvalue weighted by atomic mass is 19.4. The zero-order valence-electron chi connectivity index (χ0n) is 14.1. The fourth-order valence-corrected chi connectivity index (χ4v) is 3.06. The van der Waals surface area contributed by atoms with Gasteiger partial charge in [-0.05, 0) is 30.9 Å². The number of alkyl halides is 3. The van der Waals surface area contributed by atoms with Gasteiger partial charge in [0, 0.05) is 31.7 Å². The van der Waals surface area contributed by atoms with Crippen LogP contribution in [-0.2, 0) is 12.7 Å². The molecule has 3 rings (SSSR count). The summed E-state index contributed by atoms with van der Waals surface area (Å²) in [5.74, 6) is 0.236. The molecule has 1 saturated heterocycles. The maximum Gasteiger partial charge on any atom is 0.433 e. The number of benzene rings is 1. The summed E-state index contributed by atoms with van der Waals surface area (Å²) in [7, 11) is 0. The molecule has 0 radical (unpaired) electrons. The molecule has 1 aliphatic rings. The molecule has 1 aliphatic heterocycles. The van der Waals surface area contributed by atoms with Gasteiger partial charge < -0.3 is 5.32 Å². The minimum Gasteiger partial charge on any atom is -0.367 e. The van der Waals surface area contributed by atoms with Crippen molar-refractivity contribution < 1.29 is 13.2 Å². The van der Waals surface area contributed by atoms with E-state index in [4.69, 9.17) is 0 Å². The first-order valence-corrected chi connectivity index (χ1v) is 8.34. The third-order valence-corrected chi connectivity index (χ3v) is 4.55. The molecule has 7 heteroatoms. The van der Waals surface area contributed by atoms with Gasteiger partial charge in [0.25, 0.3) is 0 Å². The van der Waals surface area contributed by atoms with Crippen molar-refractivity contribution in [1.82, 2.24) is 14.9 Å². The lowest BCUT2D eigenvalue weighted by molar-refractivity contribution is -0.141. The van der Waals surface area contributed by atoms with Crippen molar-refractivity contribution in [2.45, 2.75) is 38.5 Å². The van der Waals surface area contributed by atoms with Crippen LogP contribution in [0.2, 0.25) is 0 Å². The number of hydrogen-bond donors (Lipinski definition) is 1. The third-order valence-electron chi connectivity index (χ3n) is 4.55. The number of aryl methyl sites for hydroxylation is 1. The van der Waals surface area contributed by atoms with Gasteiger partial charge in [-0.3, -0.25) is 4.90 Å². The molecule has 0 amide bonds. The number of piperidine rings is 1. The fraction of sp³-hybridized carbons (Fsp3) is 0.444. The van der Waals surface area contributed by atoms with Gasteiger partial charge in [-0.2, -0.15) is 13.2 Å². The Morgan fingerprint density at radius 1 is 1.16 bits per heavy atom. The molecule has 0 unspecified atom stereocenters. The van der Waals surface area contributed by atoms with Crippen molar-refractivity contribution in [3.63, 3.8) is 0 Å². The van der Waals surface area contributed by atoms with Gasteiger partial charge in [-0.1, -0.05) is 24.3 Å². The van der Waals surface area contributed by atoms with Crippen LogP contribution in [0, 0.1) is 6.92 Å². The molecule has 1 aromatic heterocycles. The summed E-state index contributed by atoms with van der Waals surface area (Å²) < 4.78 is 38.1. The maximum absolute atomic E-state index is 12.7. The first-order valence-electron chi connectivity index (χ1n) is 8.34. The van der Waals surface area contributed by atoms with E-state index in [1.54, 1.807) is 0 Å². The quantitative estimate of drug-likeness (QED) is 0.909. The topological polar surface area (TPSA) is 41.0 Å². The normalized spacial score (nSPS) is 16.8. The van der Waals surface area contributed by atoms with Crippen molar-refractivity contribution in [2.24, 2.45) is 0 Å². The van der Waals surface area contributed by atoms with Crippen molar-refractivity contribution in [3.05, 3.63) is 53.5 Å². The molecule has 1 aromatic carbocycles. The second-order valence-corrected chi connectivity index (χ2v) is 6.41. The van der Waals surface area contributed by atoms with Gasteiger partial charge in [-0.15, -0.1) is 0 Å². The van der Waals surface area contributed by atoms with Crippen LogP contribution in [0.5, 0.6) is 0 Å². The zero-order chi connectivity index (χ0) is 17.9. The van der Waals surface area contributed by atoms with E-state index in [1.165, 1.54) is 11.1 Å². The second-order valence-electron chi connectivity index (χ2n) is 6.41. The van der Waals surface area contributed by atoms with Crippen molar-refractivity contribution in [3.8, 4) is 0 Å². The average Bonchev–Trinajstić information content (AvgIpc) is 2.58. The smallest absolute Gasteiger partial charge is 0.367 e. The van der Waals surface area contributed by atoms with E-state index in [0.717, 1.165) is 44.9 Å². The van der Waals surface area contributed by atoms with Crippen LogP contribution in [0.15, 0.2) is 36.7 Å². The highest BCUT2D eigenvalue weighted by Gasteiger charge is 2.33. The Kier molecular flexibility index (Phi) is 5.22. The predicted molar refractivity (Wildman–Crippen MR) is 90.1 cm³/mol. The van der Waals surface area contributed by atoms with E-state index in [9.17, 15) is 13.2 Å². The number of anilines is 1. The Morgan fingerprint density at radius 2 is 1.88 bits per heavy atom. The molecule has 2 heterocycles. The summed E-state index contributed by atoms with van der Waals surface area (Å²) in [6.45, 7) is 4.83. The molecule has 0 spiro atoms. The van der Waals surface area contributed by atoms with Crippen LogP contribution in [0.3, 0.4) is 0 Å². The largest absolute Gasteiger partial charge is 0.433 e. The van der Waals surface area contributed by atoms with E-state index in [-0.39, 0.29) is 11.9 Å². The molecule has 134 valence electrons. The minimum absolute atomic E-state index is 0.129. The molecule has 0 bridgehead atoms. The Bertz CT molecular complexity index is 709. The van der Waals surface area contributed by atoms with Gasteiger partial charge in [-0.25, -0.2) is 9.97 Å². The number of nitrogens with one attached hydrogen (secondary N) is 1. The second kappa shape index (κ2) is 7.39. The SMILES string of the molecule is Cc1ccccc1CN1CCC(Nc2cc(C(F)(F)F)ncn2)CC1. The molecule has 0 saturated carbocycles. The van der Waals surface area contributed by atoms with E-state index in [1.807, 2.05) is 12.1 Å². The molecule has 1 N–H and O–H groups in total. The number of nitrogens with zero attached hydrogens (tertiary/aromatic N) is 3. The monoisotopic (exact) mass is 350 g/mol. The van der Waals surface area contributed by atoms with E-state index < -0.39 is 11.9 Å². The Labute approximate surface area is 145 Å². The van der Waals surface area contributed by atoms with E-state index in [2.05, 4.69) is 39.2 Å². The number of likely N-dealkylation sites (tertiary alicyclic amines) is 1. The lowest BCUT2D eigenvalue weighted by Crippen LogP contribution is -2.39. The highest BCUT2D eigenvalue weighted by Crippen LogP contribution is 2.28. The van der Waals surface area contributed by atoms with Crippen LogP contribution in [0.4, 0.5) is 19.0 Å². The van der Waals surface area contributed by atoms with Gasteiger partial charge in [0.15, 0.2) is 0 Å². The summed E-state index contributed by atoms with van der Waals surface area (Å²) in [5, 5.41) is 3.11. The molecule has 1 fully saturated rings.